The number of esters is 1. The number of nitrogens with two attached hydrogens (primary N) is 1. The average molecular weight is 289 g/mol. The molecule has 0 bridgehead atoms. The first-order valence-electron chi connectivity index (χ1n) is 6.60. The number of ether oxygens (including phenoxy) is 2. The fraction of sp³-hybridized carbons (Fsp3) is 0.333. The molecule has 1 aromatic heterocycles. The summed E-state index contributed by atoms with van der Waals surface area (Å²) in [4.78, 5) is 15.6. The lowest BCUT2D eigenvalue weighted by Gasteiger charge is -2.08. The summed E-state index contributed by atoms with van der Waals surface area (Å²) in [7, 11) is 2.97. The number of hydrogen-bond acceptors (Lipinski definition) is 5. The number of carbonyl (C=O) groups excluding carboxylic acids is 1. The first-order chi connectivity index (χ1) is 10.1. The van der Waals surface area contributed by atoms with Gasteiger partial charge in [0, 0.05) is 18.2 Å². The van der Waals surface area contributed by atoms with Crippen LogP contribution in [-0.4, -0.2) is 35.8 Å². The van der Waals surface area contributed by atoms with E-state index in [0.717, 1.165) is 17.0 Å². The van der Waals surface area contributed by atoms with E-state index in [9.17, 15) is 4.79 Å². The minimum absolute atomic E-state index is 0.353. The van der Waals surface area contributed by atoms with Gasteiger partial charge in [0.1, 0.15) is 11.8 Å². The van der Waals surface area contributed by atoms with Crippen LogP contribution in [-0.2, 0) is 22.5 Å². The first kappa shape index (κ1) is 15.1. The van der Waals surface area contributed by atoms with Gasteiger partial charge >= 0.3 is 5.97 Å². The van der Waals surface area contributed by atoms with E-state index in [1.54, 1.807) is 13.4 Å². The smallest absolute Gasteiger partial charge is 0.323 e. The van der Waals surface area contributed by atoms with E-state index in [-0.39, 0.29) is 0 Å². The van der Waals surface area contributed by atoms with Crippen molar-refractivity contribution in [2.45, 2.75) is 19.0 Å². The Labute approximate surface area is 123 Å². The monoisotopic (exact) mass is 289 g/mol. The Kier molecular flexibility index (Phi) is 4.94. The first-order valence-corrected chi connectivity index (χ1v) is 6.60. The van der Waals surface area contributed by atoms with Crippen molar-refractivity contribution in [1.82, 2.24) is 9.55 Å². The number of hydrogen-bond donors (Lipinski definition) is 1. The second kappa shape index (κ2) is 6.90. The molecular weight excluding hydrogens is 270 g/mol. The quantitative estimate of drug-likeness (QED) is 0.802. The van der Waals surface area contributed by atoms with Crippen LogP contribution < -0.4 is 10.5 Å². The lowest BCUT2D eigenvalue weighted by atomic mass is 10.2. The number of aromatic nitrogens is 2. The third kappa shape index (κ3) is 3.82. The number of nitrogens with zero attached hydrogens (tertiary/aromatic N) is 2. The second-order valence-electron chi connectivity index (χ2n) is 4.68. The Morgan fingerprint density at radius 3 is 2.86 bits per heavy atom. The second-order valence-corrected chi connectivity index (χ2v) is 4.68. The van der Waals surface area contributed by atoms with Crippen molar-refractivity contribution in [1.29, 1.82) is 0 Å². The molecule has 6 heteroatoms. The number of methoxy groups -OCH3 is 2. The molecule has 0 saturated heterocycles. The topological polar surface area (TPSA) is 79.4 Å². The summed E-state index contributed by atoms with van der Waals surface area (Å²) in [6, 6.07) is 7.11. The van der Waals surface area contributed by atoms with E-state index >= 15 is 0 Å². The van der Waals surface area contributed by atoms with Crippen molar-refractivity contribution in [3.63, 3.8) is 0 Å². The van der Waals surface area contributed by atoms with Gasteiger partial charge in [-0.25, -0.2) is 4.98 Å². The molecule has 112 valence electrons. The van der Waals surface area contributed by atoms with Crippen LogP contribution in [0.1, 0.15) is 11.3 Å². The summed E-state index contributed by atoms with van der Waals surface area (Å²) >= 11 is 0. The van der Waals surface area contributed by atoms with Crippen LogP contribution in [0.25, 0.3) is 0 Å². The van der Waals surface area contributed by atoms with Gasteiger partial charge in [-0.2, -0.15) is 0 Å². The van der Waals surface area contributed by atoms with E-state index in [1.807, 2.05) is 35.0 Å². The molecular formula is C15H19N3O3. The van der Waals surface area contributed by atoms with Crippen LogP contribution >= 0.6 is 0 Å². The van der Waals surface area contributed by atoms with Gasteiger partial charge in [-0.3, -0.25) is 4.79 Å². The number of carbonyl (C=O) groups is 1. The van der Waals surface area contributed by atoms with Crippen molar-refractivity contribution in [2.24, 2.45) is 5.73 Å². The van der Waals surface area contributed by atoms with Gasteiger partial charge in [0.25, 0.3) is 0 Å². The molecule has 1 unspecified atom stereocenters. The predicted octanol–water partition coefficient (Wildman–Crippen LogP) is 0.983. The molecule has 0 radical (unpaired) electrons. The Hall–Kier alpha value is -2.34. The minimum Gasteiger partial charge on any atom is -0.496 e. The zero-order valence-corrected chi connectivity index (χ0v) is 12.2. The SMILES string of the molecule is COC(=O)C(N)Cc1cn(Cc2ccccc2OC)cn1. The van der Waals surface area contributed by atoms with Crippen molar-refractivity contribution in [3.8, 4) is 5.75 Å². The highest BCUT2D eigenvalue weighted by molar-refractivity contribution is 5.75. The molecule has 21 heavy (non-hydrogen) atoms. The summed E-state index contributed by atoms with van der Waals surface area (Å²) < 4.78 is 11.8. The lowest BCUT2D eigenvalue weighted by Crippen LogP contribution is -2.33. The molecule has 0 saturated carbocycles. The summed E-state index contributed by atoms with van der Waals surface area (Å²) in [6.45, 7) is 0.643. The van der Waals surface area contributed by atoms with Crippen molar-refractivity contribution in [3.05, 3.63) is 48.0 Å². The Morgan fingerprint density at radius 2 is 2.14 bits per heavy atom. The Morgan fingerprint density at radius 1 is 1.38 bits per heavy atom. The van der Waals surface area contributed by atoms with Gasteiger partial charge < -0.3 is 19.8 Å². The van der Waals surface area contributed by atoms with Gasteiger partial charge in [-0.1, -0.05) is 18.2 Å². The summed E-state index contributed by atoms with van der Waals surface area (Å²) in [5.74, 6) is 0.397. The molecule has 0 aliphatic heterocycles. The minimum atomic E-state index is -0.690. The molecule has 1 atom stereocenters. The molecule has 0 amide bonds. The van der Waals surface area contributed by atoms with Crippen LogP contribution in [0.4, 0.5) is 0 Å². The highest BCUT2D eigenvalue weighted by atomic mass is 16.5. The van der Waals surface area contributed by atoms with E-state index in [4.69, 9.17) is 10.5 Å². The van der Waals surface area contributed by atoms with Crippen molar-refractivity contribution >= 4 is 5.97 Å². The van der Waals surface area contributed by atoms with Crippen LogP contribution in [0.5, 0.6) is 5.75 Å². The van der Waals surface area contributed by atoms with E-state index in [2.05, 4.69) is 9.72 Å². The van der Waals surface area contributed by atoms with E-state index < -0.39 is 12.0 Å². The largest absolute Gasteiger partial charge is 0.496 e. The number of benzene rings is 1. The summed E-state index contributed by atoms with van der Waals surface area (Å²) in [5, 5.41) is 0. The maximum absolute atomic E-state index is 11.3. The fourth-order valence-electron chi connectivity index (χ4n) is 2.09. The standard InChI is InChI=1S/C15H19N3O3/c1-20-14-6-4-3-5-11(14)8-18-9-12(17-10-18)7-13(16)15(19)21-2/h3-6,9-10,13H,7-8,16H2,1-2H3. The van der Waals surface area contributed by atoms with Gasteiger partial charge in [-0.15, -0.1) is 0 Å². The maximum Gasteiger partial charge on any atom is 0.323 e. The molecule has 0 spiro atoms. The zero-order chi connectivity index (χ0) is 15.2. The fourth-order valence-corrected chi connectivity index (χ4v) is 2.09. The molecule has 2 aromatic rings. The molecule has 0 fully saturated rings. The van der Waals surface area contributed by atoms with E-state index in [1.165, 1.54) is 7.11 Å². The highest BCUT2D eigenvalue weighted by Crippen LogP contribution is 2.18. The third-order valence-corrected chi connectivity index (χ3v) is 3.17. The summed E-state index contributed by atoms with van der Waals surface area (Å²) in [6.07, 6.45) is 3.94. The number of para-hydroxylation sites is 1. The maximum atomic E-state index is 11.3. The van der Waals surface area contributed by atoms with E-state index in [0.29, 0.717) is 13.0 Å². The van der Waals surface area contributed by atoms with Crippen molar-refractivity contribution < 1.29 is 14.3 Å². The molecule has 0 aliphatic carbocycles. The van der Waals surface area contributed by atoms with Crippen LogP contribution in [0, 0.1) is 0 Å². The van der Waals surface area contributed by atoms with Crippen molar-refractivity contribution in [2.75, 3.05) is 14.2 Å². The number of rotatable bonds is 6. The molecule has 0 aliphatic rings. The molecule has 2 rings (SSSR count). The van der Waals surface area contributed by atoms with Gasteiger partial charge in [-0.05, 0) is 6.07 Å². The van der Waals surface area contributed by atoms with Crippen LogP contribution in [0.3, 0.4) is 0 Å². The predicted molar refractivity (Wildman–Crippen MR) is 78.0 cm³/mol. The van der Waals surface area contributed by atoms with Crippen LogP contribution in [0.2, 0.25) is 0 Å². The third-order valence-electron chi connectivity index (χ3n) is 3.17. The normalized spacial score (nSPS) is 12.0. The lowest BCUT2D eigenvalue weighted by molar-refractivity contribution is -0.142. The van der Waals surface area contributed by atoms with Gasteiger partial charge in [0.2, 0.25) is 0 Å². The molecule has 6 nitrogen and oxygen atoms in total. The van der Waals surface area contributed by atoms with Gasteiger partial charge in [0.15, 0.2) is 0 Å². The Balaban J connectivity index is 2.05. The molecule has 2 N–H and O–H groups in total. The van der Waals surface area contributed by atoms with Crippen LogP contribution in [0.15, 0.2) is 36.8 Å². The molecule has 1 aromatic carbocycles. The zero-order valence-electron chi connectivity index (χ0n) is 12.2. The molecule has 1 heterocycles. The summed E-state index contributed by atoms with van der Waals surface area (Å²) in [5.41, 5.74) is 7.53. The number of imidazole rings is 1. The van der Waals surface area contributed by atoms with Gasteiger partial charge in [0.05, 0.1) is 32.8 Å². The Bertz CT molecular complexity index is 610. The average Bonchev–Trinajstić information content (AvgIpc) is 2.94. The highest BCUT2D eigenvalue weighted by Gasteiger charge is 2.15.